The molecule has 3 saturated carbocycles. The Hall–Kier alpha value is -2.50. The smallest absolute Gasteiger partial charge is 0.410 e. The number of hydrogen-bond acceptors (Lipinski definition) is 4. The third kappa shape index (κ3) is 4.32. The molecule has 0 unspecified atom stereocenters. The first-order chi connectivity index (χ1) is 20.2. The van der Waals surface area contributed by atoms with Crippen LogP contribution in [0.15, 0.2) is 46.6 Å². The van der Waals surface area contributed by atoms with E-state index in [0.29, 0.717) is 29.8 Å². The van der Waals surface area contributed by atoms with Crippen molar-refractivity contribution in [3.8, 4) is 0 Å². The summed E-state index contributed by atoms with van der Waals surface area (Å²) < 4.78 is 13.1. The number of carbonyl (C=O) groups excluding carboxylic acids is 1. The highest BCUT2D eigenvalue weighted by Crippen LogP contribution is 2.66. The molecule has 0 N–H and O–H groups in total. The summed E-state index contributed by atoms with van der Waals surface area (Å²) in [6.07, 6.45) is 10.2. The number of benzene rings is 1. The summed E-state index contributed by atoms with van der Waals surface area (Å²) in [6.45, 7) is 10.6. The Labute approximate surface area is 251 Å². The summed E-state index contributed by atoms with van der Waals surface area (Å²) >= 11 is 0. The molecule has 0 bridgehead atoms. The van der Waals surface area contributed by atoms with Gasteiger partial charge in [-0.25, -0.2) is 4.79 Å². The number of allylic oxidation sites excluding steroid dienone is 1. The molecule has 4 aliphatic carbocycles. The molecule has 7 rings (SSSR count). The Bertz CT molecular complexity index is 1290. The van der Waals surface area contributed by atoms with Gasteiger partial charge in [-0.3, -0.25) is 0 Å². The molecule has 1 spiro atoms. The first kappa shape index (κ1) is 28.3. The van der Waals surface area contributed by atoms with Gasteiger partial charge in [0.05, 0.1) is 17.7 Å². The Morgan fingerprint density at radius 1 is 1.14 bits per heavy atom. The molecule has 2 saturated heterocycles. The van der Waals surface area contributed by atoms with Crippen molar-refractivity contribution in [2.45, 2.75) is 116 Å². The minimum atomic E-state index is -0.282. The quantitative estimate of drug-likeness (QED) is 0.158. The molecule has 0 aromatic heterocycles. The Kier molecular flexibility index (Phi) is 7.13. The molecule has 7 nitrogen and oxygen atoms in total. The average Bonchev–Trinajstić information content (AvgIpc) is 3.51. The second kappa shape index (κ2) is 10.6. The van der Waals surface area contributed by atoms with Crippen molar-refractivity contribution in [3.63, 3.8) is 0 Å². The van der Waals surface area contributed by atoms with Gasteiger partial charge in [0.25, 0.3) is 0 Å². The van der Waals surface area contributed by atoms with Gasteiger partial charge in [0.1, 0.15) is 6.61 Å². The minimum absolute atomic E-state index is 0.0538. The van der Waals surface area contributed by atoms with E-state index in [0.717, 1.165) is 49.6 Å². The van der Waals surface area contributed by atoms with Crippen LogP contribution in [-0.2, 0) is 16.1 Å². The molecule has 7 heteroatoms. The Morgan fingerprint density at radius 3 is 2.74 bits per heavy atom. The van der Waals surface area contributed by atoms with E-state index < -0.39 is 0 Å². The van der Waals surface area contributed by atoms with Gasteiger partial charge in [-0.1, -0.05) is 61.8 Å². The highest BCUT2D eigenvalue weighted by molar-refractivity contribution is 5.68. The number of ether oxygens (including phenoxy) is 2. The predicted molar refractivity (Wildman–Crippen MR) is 162 cm³/mol. The molecular weight excluding hydrogens is 524 g/mol. The maximum absolute atomic E-state index is 13.6. The van der Waals surface area contributed by atoms with Crippen molar-refractivity contribution < 1.29 is 14.3 Å². The third-order valence-corrected chi connectivity index (χ3v) is 13.2. The lowest BCUT2D eigenvalue weighted by Gasteiger charge is -2.53. The van der Waals surface area contributed by atoms with Crippen LogP contribution in [0.5, 0.6) is 0 Å². The van der Waals surface area contributed by atoms with Crippen molar-refractivity contribution in [2.24, 2.45) is 46.0 Å². The summed E-state index contributed by atoms with van der Waals surface area (Å²) in [6, 6.07) is 10.2. The SMILES string of the molecule is CC1=C2C[C@H]3[C@@H](CC[C@@H]4C[C@H](N=[N+]=[N-])CC[C@@]43C)[C@@H]2CC[C@]12O[C@@H]1C[C@H](C)CN(C(=O)OCc3ccccc3)[C@H]1[C@H]2C. The number of hydrogen-bond donors (Lipinski definition) is 0. The summed E-state index contributed by atoms with van der Waals surface area (Å²) in [7, 11) is 0. The van der Waals surface area contributed by atoms with Crippen LogP contribution in [0.1, 0.15) is 91.0 Å². The van der Waals surface area contributed by atoms with Gasteiger partial charge in [0, 0.05) is 23.4 Å². The van der Waals surface area contributed by atoms with Gasteiger partial charge < -0.3 is 14.4 Å². The fourth-order valence-electron chi connectivity index (χ4n) is 11.1. The monoisotopic (exact) mass is 572 g/mol. The average molecular weight is 573 g/mol. The Balaban J connectivity index is 1.13. The zero-order valence-electron chi connectivity index (χ0n) is 25.9. The predicted octanol–water partition coefficient (Wildman–Crippen LogP) is 8.45. The van der Waals surface area contributed by atoms with Crippen LogP contribution in [0.25, 0.3) is 10.4 Å². The molecule has 2 aliphatic heterocycles. The lowest BCUT2D eigenvalue weighted by Crippen LogP contribution is -2.54. The molecule has 1 aromatic rings. The van der Waals surface area contributed by atoms with Crippen LogP contribution in [0.2, 0.25) is 0 Å². The summed E-state index contributed by atoms with van der Waals surface area (Å²) in [4.78, 5) is 18.7. The fourth-order valence-corrected chi connectivity index (χ4v) is 11.1. The van der Waals surface area contributed by atoms with Crippen molar-refractivity contribution >= 4 is 6.09 Å². The molecule has 2 heterocycles. The normalized spacial score (nSPS) is 44.1. The van der Waals surface area contributed by atoms with Crippen LogP contribution in [-0.4, -0.2) is 41.3 Å². The fraction of sp³-hybridized carbons (Fsp3) is 0.743. The number of azide groups is 1. The number of carbonyl (C=O) groups is 1. The zero-order chi connectivity index (χ0) is 29.2. The molecular formula is C35H48N4O3. The highest BCUT2D eigenvalue weighted by Gasteiger charge is 2.63. The van der Waals surface area contributed by atoms with Gasteiger partial charge in [-0.2, -0.15) is 0 Å². The molecule has 1 amide bonds. The molecule has 5 fully saturated rings. The van der Waals surface area contributed by atoms with E-state index in [1.807, 2.05) is 35.2 Å². The minimum Gasteiger partial charge on any atom is -0.445 e. The van der Waals surface area contributed by atoms with Gasteiger partial charge in [-0.15, -0.1) is 0 Å². The molecule has 6 aliphatic rings. The third-order valence-electron chi connectivity index (χ3n) is 13.2. The number of nitrogens with zero attached hydrogens (tertiary/aromatic N) is 4. The second-order valence-electron chi connectivity index (χ2n) is 15.0. The lowest BCUT2D eigenvalue weighted by molar-refractivity contribution is -0.0665. The van der Waals surface area contributed by atoms with Gasteiger partial charge in [-0.05, 0) is 116 Å². The van der Waals surface area contributed by atoms with E-state index >= 15 is 0 Å². The molecule has 42 heavy (non-hydrogen) atoms. The van der Waals surface area contributed by atoms with Crippen molar-refractivity contribution in [2.75, 3.05) is 6.54 Å². The summed E-state index contributed by atoms with van der Waals surface area (Å²) in [5.41, 5.74) is 13.3. The molecule has 1 aromatic carbocycles. The number of piperidine rings is 1. The maximum atomic E-state index is 13.6. The molecule has 11 atom stereocenters. The number of fused-ring (bicyclic) bond motifs is 6. The molecule has 226 valence electrons. The van der Waals surface area contributed by atoms with E-state index in [4.69, 9.17) is 15.0 Å². The van der Waals surface area contributed by atoms with Gasteiger partial charge in [0.15, 0.2) is 0 Å². The molecule has 0 radical (unpaired) electrons. The lowest BCUT2D eigenvalue weighted by atomic mass is 9.52. The van der Waals surface area contributed by atoms with Crippen molar-refractivity contribution in [1.29, 1.82) is 0 Å². The topological polar surface area (TPSA) is 87.5 Å². The number of amides is 1. The van der Waals surface area contributed by atoms with E-state index in [2.05, 4.69) is 37.7 Å². The van der Waals surface area contributed by atoms with E-state index in [1.165, 1.54) is 37.7 Å². The van der Waals surface area contributed by atoms with Crippen molar-refractivity contribution in [3.05, 3.63) is 57.5 Å². The van der Waals surface area contributed by atoms with Crippen LogP contribution < -0.4 is 0 Å². The van der Waals surface area contributed by atoms with Crippen LogP contribution >= 0.6 is 0 Å². The summed E-state index contributed by atoms with van der Waals surface area (Å²) in [5.74, 6) is 3.45. The standard InChI is InChI=1S/C35H48N4O3/c1-21-16-31-32(39(19-21)33(40)41-20-24-8-6-5-7-9-24)23(3)35(42-31)15-13-27-28-11-10-25-17-26(37-38-36)12-14-34(25,4)30(28)18-29(27)22(35)2/h5-9,21,23,25-28,30-32H,10-20H2,1-4H3/t21-,23+,25+,26+,27-,28-,30-,31+,32-,34-,35-/m0/s1. The van der Waals surface area contributed by atoms with Crippen molar-refractivity contribution in [1.82, 2.24) is 4.90 Å². The number of likely N-dealkylation sites (tertiary alicyclic amines) is 1. The van der Waals surface area contributed by atoms with E-state index in [1.54, 1.807) is 5.57 Å². The highest BCUT2D eigenvalue weighted by atomic mass is 16.6. The van der Waals surface area contributed by atoms with Gasteiger partial charge >= 0.3 is 6.09 Å². The largest absolute Gasteiger partial charge is 0.445 e. The van der Waals surface area contributed by atoms with Crippen LogP contribution in [0.4, 0.5) is 4.79 Å². The van der Waals surface area contributed by atoms with Crippen LogP contribution in [0, 0.1) is 40.9 Å². The summed E-state index contributed by atoms with van der Waals surface area (Å²) in [5, 5.41) is 4.14. The second-order valence-corrected chi connectivity index (χ2v) is 15.0. The van der Waals surface area contributed by atoms with Gasteiger partial charge in [0.2, 0.25) is 0 Å². The Morgan fingerprint density at radius 2 is 1.95 bits per heavy atom. The first-order valence-electron chi connectivity index (χ1n) is 16.6. The van der Waals surface area contributed by atoms with E-state index in [9.17, 15) is 4.79 Å². The first-order valence-corrected chi connectivity index (χ1v) is 16.6. The van der Waals surface area contributed by atoms with E-state index in [-0.39, 0.29) is 35.8 Å². The van der Waals surface area contributed by atoms with Crippen LogP contribution in [0.3, 0.4) is 0 Å². The zero-order valence-corrected chi connectivity index (χ0v) is 25.9. The maximum Gasteiger partial charge on any atom is 0.410 e. The number of rotatable bonds is 3.